The first-order chi connectivity index (χ1) is 12.2. The third-order valence-corrected chi connectivity index (χ3v) is 3.87. The Morgan fingerprint density at radius 1 is 0.880 bits per heavy atom. The summed E-state index contributed by atoms with van der Waals surface area (Å²) in [6.45, 7) is 2.02. The van der Waals surface area contributed by atoms with Crippen molar-refractivity contribution in [3.05, 3.63) is 66.4 Å². The minimum absolute atomic E-state index is 0.249. The van der Waals surface area contributed by atoms with Crippen LogP contribution in [0.2, 0.25) is 0 Å². The molecule has 4 rings (SSSR count). The van der Waals surface area contributed by atoms with Gasteiger partial charge in [-0.05, 0) is 24.6 Å². The van der Waals surface area contributed by atoms with E-state index in [0.717, 1.165) is 16.7 Å². The highest BCUT2D eigenvalue weighted by Crippen LogP contribution is 2.28. The zero-order valence-electron chi connectivity index (χ0n) is 13.5. The van der Waals surface area contributed by atoms with Crippen LogP contribution < -0.4 is 5.73 Å². The number of rotatable bonds is 3. The Labute approximate surface area is 144 Å². The molecule has 2 aromatic heterocycles. The lowest BCUT2D eigenvalue weighted by Crippen LogP contribution is -1.99. The molecule has 25 heavy (non-hydrogen) atoms. The smallest absolute Gasteiger partial charge is 0.270 e. The Kier molecular flexibility index (Phi) is 3.70. The molecule has 0 atom stereocenters. The van der Waals surface area contributed by atoms with Crippen molar-refractivity contribution in [3.8, 4) is 34.3 Å². The number of benzene rings is 2. The van der Waals surface area contributed by atoms with Crippen LogP contribution in [0.4, 0.5) is 5.82 Å². The Hall–Kier alpha value is -3.54. The van der Waals surface area contributed by atoms with Gasteiger partial charge in [0.25, 0.3) is 5.89 Å². The van der Waals surface area contributed by atoms with Gasteiger partial charge in [-0.15, -0.1) is 10.2 Å². The average Bonchev–Trinajstić information content (AvgIpc) is 3.13. The molecule has 0 fully saturated rings. The maximum atomic E-state index is 5.98. The standard InChI is InChI=1S/C19H15N5O/c1-12-7-5-6-10-14(12)15-11-21-17(20)16(22-15)19-24-23-18(25-19)13-8-3-2-4-9-13/h2-11H,1H3,(H2,20,21). The lowest BCUT2D eigenvalue weighted by atomic mass is 10.1. The molecule has 2 heterocycles. The van der Waals surface area contributed by atoms with E-state index in [1.54, 1.807) is 6.20 Å². The lowest BCUT2D eigenvalue weighted by molar-refractivity contribution is 0.582. The van der Waals surface area contributed by atoms with E-state index < -0.39 is 0 Å². The van der Waals surface area contributed by atoms with Gasteiger partial charge >= 0.3 is 0 Å². The molecule has 6 heteroatoms. The quantitative estimate of drug-likeness (QED) is 0.615. The topological polar surface area (TPSA) is 90.7 Å². The summed E-state index contributed by atoms with van der Waals surface area (Å²) < 4.78 is 5.75. The number of anilines is 1. The first-order valence-corrected chi connectivity index (χ1v) is 7.80. The Morgan fingerprint density at radius 2 is 1.60 bits per heavy atom. The normalized spacial score (nSPS) is 10.8. The Bertz CT molecular complexity index is 1030. The first kappa shape index (κ1) is 15.0. The maximum Gasteiger partial charge on any atom is 0.270 e. The largest absolute Gasteiger partial charge is 0.414 e. The molecule has 2 N–H and O–H groups in total. The zero-order valence-corrected chi connectivity index (χ0v) is 13.5. The third-order valence-electron chi connectivity index (χ3n) is 3.87. The summed E-state index contributed by atoms with van der Waals surface area (Å²) in [7, 11) is 0. The molecule has 122 valence electrons. The van der Waals surface area contributed by atoms with Crippen molar-refractivity contribution >= 4 is 5.82 Å². The van der Waals surface area contributed by atoms with E-state index in [2.05, 4.69) is 20.2 Å². The average molecular weight is 329 g/mol. The van der Waals surface area contributed by atoms with Crippen molar-refractivity contribution < 1.29 is 4.42 Å². The van der Waals surface area contributed by atoms with Crippen LogP contribution in [-0.4, -0.2) is 20.2 Å². The van der Waals surface area contributed by atoms with Crippen LogP contribution in [0.25, 0.3) is 34.3 Å². The van der Waals surface area contributed by atoms with Gasteiger partial charge in [0.15, 0.2) is 11.5 Å². The molecule has 0 bridgehead atoms. The van der Waals surface area contributed by atoms with Crippen LogP contribution in [0.15, 0.2) is 65.2 Å². The Balaban J connectivity index is 1.78. The second-order valence-corrected chi connectivity index (χ2v) is 5.58. The second kappa shape index (κ2) is 6.16. The zero-order chi connectivity index (χ0) is 17.2. The van der Waals surface area contributed by atoms with Gasteiger partial charge in [0.1, 0.15) is 0 Å². The molecular weight excluding hydrogens is 314 g/mol. The van der Waals surface area contributed by atoms with Crippen molar-refractivity contribution in [1.29, 1.82) is 0 Å². The lowest BCUT2D eigenvalue weighted by Gasteiger charge is -2.06. The number of nitrogens with zero attached hydrogens (tertiary/aromatic N) is 4. The van der Waals surface area contributed by atoms with Gasteiger partial charge in [-0.3, -0.25) is 0 Å². The number of aromatic nitrogens is 4. The molecule has 0 unspecified atom stereocenters. The van der Waals surface area contributed by atoms with E-state index >= 15 is 0 Å². The van der Waals surface area contributed by atoms with E-state index in [1.807, 2.05) is 61.5 Å². The maximum absolute atomic E-state index is 5.98. The van der Waals surface area contributed by atoms with Crippen molar-refractivity contribution in [2.45, 2.75) is 6.92 Å². The van der Waals surface area contributed by atoms with Crippen molar-refractivity contribution in [2.75, 3.05) is 5.73 Å². The molecule has 0 aliphatic carbocycles. The van der Waals surface area contributed by atoms with E-state index in [4.69, 9.17) is 10.2 Å². The molecule has 0 saturated heterocycles. The van der Waals surface area contributed by atoms with Crippen molar-refractivity contribution in [2.24, 2.45) is 0 Å². The van der Waals surface area contributed by atoms with Gasteiger partial charge in [0.2, 0.25) is 5.89 Å². The van der Waals surface area contributed by atoms with Gasteiger partial charge in [-0.1, -0.05) is 42.5 Å². The number of aryl methyl sites for hydroxylation is 1. The fraction of sp³-hybridized carbons (Fsp3) is 0.0526. The molecule has 2 aromatic carbocycles. The summed E-state index contributed by atoms with van der Waals surface area (Å²) in [5.41, 5.74) is 10.00. The molecule has 0 aliphatic rings. The highest BCUT2D eigenvalue weighted by atomic mass is 16.4. The predicted octanol–water partition coefficient (Wildman–Crippen LogP) is 3.75. The molecule has 0 radical (unpaired) electrons. The van der Waals surface area contributed by atoms with Crippen LogP contribution >= 0.6 is 0 Å². The minimum Gasteiger partial charge on any atom is -0.414 e. The van der Waals surface area contributed by atoms with Crippen molar-refractivity contribution in [1.82, 2.24) is 20.2 Å². The van der Waals surface area contributed by atoms with Gasteiger partial charge in [-0.2, -0.15) is 0 Å². The summed E-state index contributed by atoms with van der Waals surface area (Å²) in [5, 5.41) is 8.17. The van der Waals surface area contributed by atoms with Crippen LogP contribution in [0, 0.1) is 6.92 Å². The summed E-state index contributed by atoms with van der Waals surface area (Å²) in [4.78, 5) is 8.84. The summed E-state index contributed by atoms with van der Waals surface area (Å²) in [5.74, 6) is 0.915. The van der Waals surface area contributed by atoms with Crippen LogP contribution in [0.5, 0.6) is 0 Å². The van der Waals surface area contributed by atoms with E-state index in [9.17, 15) is 0 Å². The van der Waals surface area contributed by atoms with Gasteiger partial charge in [0, 0.05) is 11.1 Å². The molecule has 0 aliphatic heterocycles. The fourth-order valence-electron chi connectivity index (χ4n) is 2.56. The summed E-state index contributed by atoms with van der Waals surface area (Å²) >= 11 is 0. The SMILES string of the molecule is Cc1ccccc1-c1cnc(N)c(-c2nnc(-c3ccccc3)o2)n1. The van der Waals surface area contributed by atoms with Gasteiger partial charge in [0.05, 0.1) is 11.9 Å². The van der Waals surface area contributed by atoms with Crippen molar-refractivity contribution in [3.63, 3.8) is 0 Å². The summed E-state index contributed by atoms with van der Waals surface area (Å²) in [6.07, 6.45) is 1.65. The van der Waals surface area contributed by atoms with E-state index in [0.29, 0.717) is 17.3 Å². The fourth-order valence-corrected chi connectivity index (χ4v) is 2.56. The second-order valence-electron chi connectivity index (χ2n) is 5.58. The number of nitrogen functional groups attached to an aromatic ring is 1. The molecule has 0 amide bonds. The Morgan fingerprint density at radius 3 is 2.40 bits per heavy atom. The monoisotopic (exact) mass is 329 g/mol. The number of hydrogen-bond donors (Lipinski definition) is 1. The van der Waals surface area contributed by atoms with Gasteiger partial charge in [-0.25, -0.2) is 9.97 Å². The summed E-state index contributed by atoms with van der Waals surface area (Å²) in [6, 6.07) is 17.5. The van der Waals surface area contributed by atoms with Crippen LogP contribution in [0.1, 0.15) is 5.56 Å². The predicted molar refractivity (Wildman–Crippen MR) is 95.3 cm³/mol. The van der Waals surface area contributed by atoms with E-state index in [1.165, 1.54) is 0 Å². The molecule has 0 saturated carbocycles. The highest BCUT2D eigenvalue weighted by molar-refractivity contribution is 5.70. The van der Waals surface area contributed by atoms with Crippen LogP contribution in [0.3, 0.4) is 0 Å². The van der Waals surface area contributed by atoms with E-state index in [-0.39, 0.29) is 11.7 Å². The molecule has 0 spiro atoms. The minimum atomic E-state index is 0.249. The molecule has 4 aromatic rings. The third kappa shape index (κ3) is 2.85. The van der Waals surface area contributed by atoms with Crippen LogP contribution in [-0.2, 0) is 0 Å². The van der Waals surface area contributed by atoms with Gasteiger partial charge < -0.3 is 10.2 Å². The number of nitrogens with two attached hydrogens (primary N) is 1. The first-order valence-electron chi connectivity index (χ1n) is 7.80. The molecule has 6 nitrogen and oxygen atoms in total. The number of hydrogen-bond acceptors (Lipinski definition) is 6. The highest BCUT2D eigenvalue weighted by Gasteiger charge is 2.17. The molecular formula is C19H15N5O.